The van der Waals surface area contributed by atoms with Gasteiger partial charge >= 0.3 is 5.69 Å². The number of azide groups is 1. The van der Waals surface area contributed by atoms with Crippen molar-refractivity contribution in [1.29, 1.82) is 0 Å². The smallest absolute Gasteiger partial charge is 0.351 e. The van der Waals surface area contributed by atoms with Crippen LogP contribution in [-0.2, 0) is 4.74 Å². The van der Waals surface area contributed by atoms with Crippen LogP contribution in [0.1, 0.15) is 25.1 Å². The first-order chi connectivity index (χ1) is 10.1. The van der Waals surface area contributed by atoms with Crippen LogP contribution in [0.15, 0.2) is 16.1 Å². The summed E-state index contributed by atoms with van der Waals surface area (Å²) in [5, 5.41) is 15.9. The van der Waals surface area contributed by atoms with Crippen molar-refractivity contribution in [1.82, 2.24) is 9.55 Å². The summed E-state index contributed by atoms with van der Waals surface area (Å²) in [6.07, 6.45) is 0.792. The SMILES string of the molecule is CCNc1nc(=O)n([C@@H]2C[C@@H](N=[N+]=[N-])[C@H](CO)O2)cc1C. The van der Waals surface area contributed by atoms with Gasteiger partial charge in [-0.05, 0) is 19.4 Å². The average molecular weight is 294 g/mol. The van der Waals surface area contributed by atoms with E-state index < -0.39 is 24.1 Å². The molecule has 2 heterocycles. The van der Waals surface area contributed by atoms with E-state index in [0.29, 0.717) is 18.8 Å². The molecule has 9 nitrogen and oxygen atoms in total. The molecule has 1 aliphatic heterocycles. The number of ether oxygens (including phenoxy) is 1. The maximum absolute atomic E-state index is 12.1. The molecule has 0 spiro atoms. The van der Waals surface area contributed by atoms with E-state index in [-0.39, 0.29) is 6.61 Å². The first kappa shape index (κ1) is 15.3. The summed E-state index contributed by atoms with van der Waals surface area (Å²) in [4.78, 5) is 18.8. The average Bonchev–Trinajstić information content (AvgIpc) is 2.86. The number of nitrogens with zero attached hydrogens (tertiary/aromatic N) is 5. The molecule has 1 saturated heterocycles. The molecule has 2 rings (SSSR count). The third-order valence-electron chi connectivity index (χ3n) is 3.37. The zero-order chi connectivity index (χ0) is 15.4. The van der Waals surface area contributed by atoms with Crippen molar-refractivity contribution in [2.24, 2.45) is 5.11 Å². The van der Waals surface area contributed by atoms with Gasteiger partial charge in [0.1, 0.15) is 12.0 Å². The Morgan fingerprint density at radius 3 is 3.10 bits per heavy atom. The molecular weight excluding hydrogens is 276 g/mol. The van der Waals surface area contributed by atoms with E-state index in [9.17, 15) is 9.90 Å². The summed E-state index contributed by atoms with van der Waals surface area (Å²) in [7, 11) is 0. The summed E-state index contributed by atoms with van der Waals surface area (Å²) in [5.74, 6) is 0.544. The Labute approximate surface area is 121 Å². The third-order valence-corrected chi connectivity index (χ3v) is 3.37. The summed E-state index contributed by atoms with van der Waals surface area (Å²) in [6, 6.07) is -0.495. The quantitative estimate of drug-likeness (QED) is 0.475. The Morgan fingerprint density at radius 1 is 1.71 bits per heavy atom. The zero-order valence-corrected chi connectivity index (χ0v) is 11.9. The van der Waals surface area contributed by atoms with Crippen molar-refractivity contribution in [2.45, 2.75) is 38.6 Å². The Kier molecular flexibility index (Phi) is 4.79. The maximum Gasteiger partial charge on any atom is 0.351 e. The van der Waals surface area contributed by atoms with Crippen molar-refractivity contribution in [2.75, 3.05) is 18.5 Å². The first-order valence-corrected chi connectivity index (χ1v) is 6.74. The van der Waals surface area contributed by atoms with Crippen molar-refractivity contribution in [3.63, 3.8) is 0 Å². The van der Waals surface area contributed by atoms with E-state index in [4.69, 9.17) is 10.3 Å². The van der Waals surface area contributed by atoms with Gasteiger partial charge in [0.15, 0.2) is 0 Å². The largest absolute Gasteiger partial charge is 0.394 e. The Bertz CT molecular complexity index is 610. The minimum atomic E-state index is -0.605. The standard InChI is InChI=1S/C12H18N6O3/c1-3-14-11-7(2)5-18(12(20)15-11)10-4-8(16-17-13)9(6-19)21-10/h5,8-10,19H,3-4,6H2,1-2H3,(H,14,15,20)/t8-,9+,10+/m1/s1. The second-order valence-corrected chi connectivity index (χ2v) is 4.81. The molecule has 1 aromatic rings. The van der Waals surface area contributed by atoms with Gasteiger partial charge in [0, 0.05) is 29.6 Å². The Balaban J connectivity index is 2.29. The Hall–Kier alpha value is -2.09. The van der Waals surface area contributed by atoms with Crippen LogP contribution >= 0.6 is 0 Å². The highest BCUT2D eigenvalue weighted by Crippen LogP contribution is 2.30. The summed E-state index contributed by atoms with van der Waals surface area (Å²) in [6.45, 7) is 4.16. The maximum atomic E-state index is 12.1. The zero-order valence-electron chi connectivity index (χ0n) is 11.9. The summed E-state index contributed by atoms with van der Waals surface area (Å²) < 4.78 is 6.95. The number of aliphatic hydroxyl groups excluding tert-OH is 1. The van der Waals surface area contributed by atoms with Crippen molar-refractivity contribution in [3.05, 3.63) is 32.7 Å². The predicted octanol–water partition coefficient (Wildman–Crippen LogP) is 0.942. The lowest BCUT2D eigenvalue weighted by Gasteiger charge is -2.16. The molecule has 0 bridgehead atoms. The van der Waals surface area contributed by atoms with E-state index in [1.165, 1.54) is 4.57 Å². The van der Waals surface area contributed by atoms with Crippen LogP contribution in [0, 0.1) is 6.92 Å². The second kappa shape index (κ2) is 6.57. The highest BCUT2D eigenvalue weighted by molar-refractivity contribution is 5.41. The van der Waals surface area contributed by atoms with Gasteiger partial charge in [-0.1, -0.05) is 5.11 Å². The monoisotopic (exact) mass is 294 g/mol. The molecule has 0 radical (unpaired) electrons. The lowest BCUT2D eigenvalue weighted by Crippen LogP contribution is -2.29. The number of rotatable bonds is 5. The van der Waals surface area contributed by atoms with Crippen LogP contribution in [0.4, 0.5) is 5.82 Å². The van der Waals surface area contributed by atoms with Crippen LogP contribution in [0.25, 0.3) is 10.4 Å². The molecule has 114 valence electrons. The fourth-order valence-corrected chi connectivity index (χ4v) is 2.36. The van der Waals surface area contributed by atoms with E-state index in [0.717, 1.165) is 5.56 Å². The fraction of sp³-hybridized carbons (Fsp3) is 0.667. The summed E-state index contributed by atoms with van der Waals surface area (Å²) >= 11 is 0. The molecule has 21 heavy (non-hydrogen) atoms. The number of anilines is 1. The predicted molar refractivity (Wildman–Crippen MR) is 75.9 cm³/mol. The van der Waals surface area contributed by atoms with Gasteiger partial charge in [-0.15, -0.1) is 0 Å². The molecule has 1 fully saturated rings. The van der Waals surface area contributed by atoms with Gasteiger partial charge in [-0.3, -0.25) is 4.57 Å². The number of aliphatic hydroxyl groups is 1. The first-order valence-electron chi connectivity index (χ1n) is 6.74. The van der Waals surface area contributed by atoms with Gasteiger partial charge in [0.25, 0.3) is 0 Å². The van der Waals surface area contributed by atoms with Crippen LogP contribution in [0.2, 0.25) is 0 Å². The van der Waals surface area contributed by atoms with E-state index in [1.54, 1.807) is 6.20 Å². The number of aryl methyl sites for hydroxylation is 1. The van der Waals surface area contributed by atoms with Gasteiger partial charge < -0.3 is 15.2 Å². The van der Waals surface area contributed by atoms with E-state index >= 15 is 0 Å². The highest BCUT2D eigenvalue weighted by atomic mass is 16.5. The van der Waals surface area contributed by atoms with Gasteiger partial charge in [0.05, 0.1) is 18.8 Å². The van der Waals surface area contributed by atoms with Gasteiger partial charge in [-0.25, -0.2) is 4.79 Å². The molecule has 0 amide bonds. The van der Waals surface area contributed by atoms with Crippen LogP contribution in [0.3, 0.4) is 0 Å². The normalized spacial score (nSPS) is 24.6. The molecule has 3 atom stereocenters. The third kappa shape index (κ3) is 3.15. The number of hydrogen-bond donors (Lipinski definition) is 2. The number of nitrogens with one attached hydrogen (secondary N) is 1. The van der Waals surface area contributed by atoms with E-state index in [2.05, 4.69) is 20.3 Å². The fourth-order valence-electron chi connectivity index (χ4n) is 2.36. The molecule has 0 aromatic carbocycles. The van der Waals surface area contributed by atoms with Gasteiger partial charge in [-0.2, -0.15) is 4.98 Å². The molecule has 0 unspecified atom stereocenters. The number of aromatic nitrogens is 2. The lowest BCUT2D eigenvalue weighted by atomic mass is 10.1. The van der Waals surface area contributed by atoms with Crippen molar-refractivity contribution < 1.29 is 9.84 Å². The molecule has 2 N–H and O–H groups in total. The minimum absolute atomic E-state index is 0.267. The van der Waals surface area contributed by atoms with Crippen LogP contribution < -0.4 is 11.0 Å². The number of hydrogen-bond acceptors (Lipinski definition) is 6. The molecule has 0 saturated carbocycles. The molecule has 1 aliphatic rings. The molecule has 0 aliphatic carbocycles. The highest BCUT2D eigenvalue weighted by Gasteiger charge is 2.35. The van der Waals surface area contributed by atoms with Crippen molar-refractivity contribution >= 4 is 5.82 Å². The lowest BCUT2D eigenvalue weighted by molar-refractivity contribution is -0.0270. The minimum Gasteiger partial charge on any atom is -0.394 e. The molecule has 1 aromatic heterocycles. The molecule has 9 heteroatoms. The Morgan fingerprint density at radius 2 is 2.48 bits per heavy atom. The second-order valence-electron chi connectivity index (χ2n) is 4.81. The van der Waals surface area contributed by atoms with E-state index in [1.807, 2.05) is 13.8 Å². The molecular formula is C12H18N6O3. The topological polar surface area (TPSA) is 125 Å². The van der Waals surface area contributed by atoms with Crippen LogP contribution in [0.5, 0.6) is 0 Å². The van der Waals surface area contributed by atoms with Crippen molar-refractivity contribution in [3.8, 4) is 0 Å². The van der Waals surface area contributed by atoms with Crippen LogP contribution in [-0.4, -0.2) is 40.0 Å². The van der Waals surface area contributed by atoms with Gasteiger partial charge in [0.2, 0.25) is 0 Å². The summed E-state index contributed by atoms with van der Waals surface area (Å²) in [5.41, 5.74) is 8.89.